The molecule has 1 aromatic carbocycles. The summed E-state index contributed by atoms with van der Waals surface area (Å²) in [6, 6.07) is 3.92. The maximum absolute atomic E-state index is 16.2. The van der Waals surface area contributed by atoms with Gasteiger partial charge in [0.2, 0.25) is 11.8 Å². The van der Waals surface area contributed by atoms with Gasteiger partial charge in [-0.2, -0.15) is 5.10 Å². The van der Waals surface area contributed by atoms with E-state index in [4.69, 9.17) is 47.4 Å². The maximum Gasteiger partial charge on any atom is 0.318 e. The van der Waals surface area contributed by atoms with Crippen LogP contribution in [0.1, 0.15) is 108 Å². The highest BCUT2D eigenvalue weighted by atomic mass is 19.1. The Hall–Kier alpha value is -4.36. The number of methoxy groups -OCH3 is 1. The highest BCUT2D eigenvalue weighted by Crippen LogP contribution is 2.36. The molecule has 1 saturated heterocycles. The lowest BCUT2D eigenvalue weighted by Gasteiger charge is -2.45. The predicted octanol–water partition coefficient (Wildman–Crippen LogP) is 5.69. The average molecular weight is 1120 g/mol. The summed E-state index contributed by atoms with van der Waals surface area (Å²) in [6.45, 7) is 19.9. The molecule has 0 unspecified atom stereocenters. The molecule has 0 spiro atoms. The molecular formula is C57H94FN7O14. The number of piperidine rings is 1. The molecule has 5 amide bonds. The highest BCUT2D eigenvalue weighted by Gasteiger charge is 2.43. The van der Waals surface area contributed by atoms with Crippen LogP contribution in [0.5, 0.6) is 0 Å². The van der Waals surface area contributed by atoms with Gasteiger partial charge in [0.1, 0.15) is 23.6 Å². The fourth-order valence-electron chi connectivity index (χ4n) is 9.87. The van der Waals surface area contributed by atoms with Crippen LogP contribution in [0, 0.1) is 23.6 Å². The van der Waals surface area contributed by atoms with Crippen molar-refractivity contribution in [1.82, 2.24) is 30.2 Å². The fourth-order valence-corrected chi connectivity index (χ4v) is 9.87. The smallest absolute Gasteiger partial charge is 0.318 e. The van der Waals surface area contributed by atoms with E-state index < -0.39 is 41.2 Å². The molecular weight excluding hydrogens is 1030 g/mol. The van der Waals surface area contributed by atoms with E-state index in [-0.39, 0.29) is 35.5 Å². The number of aryl methyl sites for hydroxylation is 1. The number of anilines is 1. The van der Waals surface area contributed by atoms with Crippen molar-refractivity contribution in [3.8, 4) is 0 Å². The Morgan fingerprint density at radius 1 is 0.709 bits per heavy atom. The van der Waals surface area contributed by atoms with E-state index in [9.17, 15) is 19.2 Å². The summed E-state index contributed by atoms with van der Waals surface area (Å²) < 4.78 is 73.6. The Morgan fingerprint density at radius 2 is 1.22 bits per heavy atom. The summed E-state index contributed by atoms with van der Waals surface area (Å²) in [5.74, 6) is -1.98. The van der Waals surface area contributed by atoms with Crippen LogP contribution in [0.25, 0.3) is 0 Å². The summed E-state index contributed by atoms with van der Waals surface area (Å²) in [6.07, 6.45) is 7.83. The van der Waals surface area contributed by atoms with E-state index >= 15 is 4.39 Å². The van der Waals surface area contributed by atoms with E-state index in [2.05, 4.69) is 41.8 Å². The summed E-state index contributed by atoms with van der Waals surface area (Å²) in [7, 11) is 3.36. The minimum absolute atomic E-state index is 0.0460. The van der Waals surface area contributed by atoms with Crippen molar-refractivity contribution in [3.05, 3.63) is 47.5 Å². The van der Waals surface area contributed by atoms with Gasteiger partial charge >= 0.3 is 6.03 Å². The van der Waals surface area contributed by atoms with Gasteiger partial charge in [-0.05, 0) is 87.0 Å². The molecule has 1 aliphatic heterocycles. The highest BCUT2D eigenvalue weighted by molar-refractivity contribution is 6.00. The molecule has 0 bridgehead atoms. The number of urea groups is 1. The summed E-state index contributed by atoms with van der Waals surface area (Å²) >= 11 is 0. The van der Waals surface area contributed by atoms with Gasteiger partial charge in [-0.25, -0.2) is 9.18 Å². The van der Waals surface area contributed by atoms with Crippen LogP contribution in [-0.4, -0.2) is 213 Å². The van der Waals surface area contributed by atoms with Crippen LogP contribution in [0.15, 0.2) is 30.5 Å². The molecule has 3 atom stereocenters. The second-order valence-corrected chi connectivity index (χ2v) is 21.1. The van der Waals surface area contributed by atoms with Crippen molar-refractivity contribution in [2.24, 2.45) is 17.8 Å². The van der Waals surface area contributed by atoms with Crippen LogP contribution in [0.3, 0.4) is 0 Å². The molecule has 0 radical (unpaired) electrons. The average Bonchev–Trinajstić information content (AvgIpc) is 4.20. The normalized spacial score (nSPS) is 18.5. The number of carbonyl (C=O) groups excluding carboxylic acids is 4. The zero-order valence-electron chi connectivity index (χ0n) is 48.3. The molecule has 2 heterocycles. The summed E-state index contributed by atoms with van der Waals surface area (Å²) in [5.41, 5.74) is 0.295. The molecule has 2 aromatic rings. The molecule has 2 aliphatic carbocycles. The van der Waals surface area contributed by atoms with Gasteiger partial charge in [0.05, 0.1) is 130 Å². The molecule has 5 rings (SSSR count). The fraction of sp³-hybridized carbons (Fsp3) is 0.772. The van der Waals surface area contributed by atoms with Gasteiger partial charge in [0.25, 0.3) is 5.91 Å². The first-order valence-electron chi connectivity index (χ1n) is 28.8. The molecule has 3 aliphatic rings. The van der Waals surface area contributed by atoms with E-state index in [1.165, 1.54) is 12.1 Å². The third kappa shape index (κ3) is 22.5. The number of aromatic nitrogens is 2. The van der Waals surface area contributed by atoms with Crippen molar-refractivity contribution < 1.29 is 70.9 Å². The van der Waals surface area contributed by atoms with E-state index in [0.717, 1.165) is 38.5 Å². The lowest BCUT2D eigenvalue weighted by atomic mass is 9.79. The lowest BCUT2D eigenvalue weighted by Crippen LogP contribution is -2.58. The van der Waals surface area contributed by atoms with Gasteiger partial charge in [0, 0.05) is 51.9 Å². The number of amides is 5. The molecule has 79 heavy (non-hydrogen) atoms. The van der Waals surface area contributed by atoms with Crippen molar-refractivity contribution in [1.29, 1.82) is 0 Å². The molecule has 1 aromatic heterocycles. The Bertz CT molecular complexity index is 2070. The number of hydrogen-bond donors (Lipinski definition) is 3. The number of carbonyl (C=O) groups is 4. The third-order valence-electron chi connectivity index (χ3n) is 15.2. The second-order valence-electron chi connectivity index (χ2n) is 21.1. The molecule has 22 heteroatoms. The van der Waals surface area contributed by atoms with E-state index in [0.29, 0.717) is 169 Å². The lowest BCUT2D eigenvalue weighted by molar-refractivity contribution is -0.148. The first kappa shape index (κ1) is 65.5. The second kappa shape index (κ2) is 36.2. The standard InChI is InChI=1S/C57H94FN7O14/c1-8-65-50(17-20-59-65)53(66)61-52(45-11-9-43(4)10-12-45)54(67)60-49-16-13-46(41-48(49)58)44(5)51(62-56(69)63(6)47-14-15-47)55(68)64-21-18-57(19-22-64,42(2)3)79-40-39-78-38-37-77-36-35-76-34-33-75-32-31-74-30-29-73-28-27-72-26-25-71-24-23-70-7/h13,16-17,20,41-45,47,51-52H,8-12,14-15,18-19,21-40H2,1-7H3,(H,60,67)(H,61,66)(H,62,69)/t43?,44-,45?,51+,52-/m0/s1. The number of likely N-dealkylation sites (tertiary alicyclic amines) is 1. The molecule has 448 valence electrons. The minimum atomic E-state index is -1.00. The SMILES string of the molecule is CCn1nccc1C(=O)N[C@H](C(=O)Nc1ccc([C@H](C)[C@@H](NC(=O)N(C)C2CC2)C(=O)N2CCC(OCCOCCOCCOCCOCCOCCOCCOCCOCCOC)(C(C)C)CC2)cc1F)C1CCC(C)CC1. The molecule has 3 N–H and O–H groups in total. The van der Waals surface area contributed by atoms with Crippen molar-refractivity contribution in [3.63, 3.8) is 0 Å². The van der Waals surface area contributed by atoms with Gasteiger partial charge < -0.3 is 73.1 Å². The summed E-state index contributed by atoms with van der Waals surface area (Å²) in [4.78, 5) is 59.1. The van der Waals surface area contributed by atoms with Crippen molar-refractivity contribution in [2.75, 3.05) is 151 Å². The van der Waals surface area contributed by atoms with Crippen molar-refractivity contribution >= 4 is 29.4 Å². The maximum atomic E-state index is 16.2. The summed E-state index contributed by atoms with van der Waals surface area (Å²) in [5, 5.41) is 12.9. The predicted molar refractivity (Wildman–Crippen MR) is 295 cm³/mol. The Kier molecular flexibility index (Phi) is 30.0. The quantitative estimate of drug-likeness (QED) is 0.0682. The Morgan fingerprint density at radius 3 is 1.68 bits per heavy atom. The van der Waals surface area contributed by atoms with Crippen LogP contribution < -0.4 is 16.0 Å². The topological polar surface area (TPSA) is 221 Å². The number of rotatable bonds is 40. The van der Waals surface area contributed by atoms with Crippen LogP contribution in [0.4, 0.5) is 14.9 Å². The van der Waals surface area contributed by atoms with E-state index in [1.807, 2.05) is 6.92 Å². The van der Waals surface area contributed by atoms with Gasteiger partial charge in [-0.1, -0.05) is 46.6 Å². The zero-order chi connectivity index (χ0) is 56.8. The first-order chi connectivity index (χ1) is 38.3. The Labute approximate surface area is 468 Å². The molecule has 3 fully saturated rings. The number of hydrogen-bond acceptors (Lipinski definition) is 15. The van der Waals surface area contributed by atoms with Crippen LogP contribution in [-0.2, 0) is 63.5 Å². The van der Waals surface area contributed by atoms with Crippen LogP contribution in [0.2, 0.25) is 0 Å². The first-order valence-corrected chi connectivity index (χ1v) is 28.8. The number of nitrogens with zero attached hydrogens (tertiary/aromatic N) is 4. The zero-order valence-corrected chi connectivity index (χ0v) is 48.3. The number of benzene rings is 1. The molecule has 21 nitrogen and oxygen atoms in total. The van der Waals surface area contributed by atoms with Gasteiger partial charge in [0.15, 0.2) is 0 Å². The Balaban J connectivity index is 1.000. The largest absolute Gasteiger partial charge is 0.382 e. The van der Waals surface area contributed by atoms with Gasteiger partial charge in [-0.15, -0.1) is 0 Å². The minimum Gasteiger partial charge on any atom is -0.382 e. The molecule has 2 saturated carbocycles. The third-order valence-corrected chi connectivity index (χ3v) is 15.2. The number of ether oxygens (including phenoxy) is 10. The van der Waals surface area contributed by atoms with Gasteiger partial charge in [-0.3, -0.25) is 19.1 Å². The monoisotopic (exact) mass is 1120 g/mol. The van der Waals surface area contributed by atoms with Crippen molar-refractivity contribution in [2.45, 2.75) is 122 Å². The number of halogens is 1. The van der Waals surface area contributed by atoms with E-state index in [1.54, 1.807) is 53.9 Å². The number of nitrogens with one attached hydrogen (secondary N) is 3. The van der Waals surface area contributed by atoms with Crippen LogP contribution >= 0.6 is 0 Å².